The summed E-state index contributed by atoms with van der Waals surface area (Å²) in [6, 6.07) is 11.6. The topological polar surface area (TPSA) is 112 Å². The maximum atomic E-state index is 11.8. The number of hydrogen-bond acceptors (Lipinski definition) is 8. The fourth-order valence-corrected chi connectivity index (χ4v) is 5.68. The van der Waals surface area contributed by atoms with Gasteiger partial charge in [0, 0.05) is 55.2 Å². The number of benzene rings is 1. The first-order valence-corrected chi connectivity index (χ1v) is 18.3. The number of anilines is 2. The van der Waals surface area contributed by atoms with Gasteiger partial charge in [0.2, 0.25) is 0 Å². The van der Waals surface area contributed by atoms with Crippen LogP contribution in [0.1, 0.15) is 5.56 Å². The van der Waals surface area contributed by atoms with Gasteiger partial charge in [-0.15, -0.1) is 0 Å². The molecule has 4 heterocycles. The highest BCUT2D eigenvalue weighted by molar-refractivity contribution is 7.90. The average molecular weight is 561 g/mol. The van der Waals surface area contributed by atoms with E-state index in [1.807, 2.05) is 36.1 Å². The zero-order chi connectivity index (χ0) is 27.8. The summed E-state index contributed by atoms with van der Waals surface area (Å²) >= 11 is 0. The predicted octanol–water partition coefficient (Wildman–Crippen LogP) is 5.81. The number of hydrogen-bond donors (Lipinski definition) is 1. The van der Waals surface area contributed by atoms with Crippen LogP contribution in [0.3, 0.4) is 0 Å². The molecule has 0 radical (unpaired) electrons. The molecule has 0 spiro atoms. The third-order valence-corrected chi connectivity index (χ3v) is 9.42. The molecule has 0 fully saturated rings. The molecule has 0 aliphatic carbocycles. The van der Waals surface area contributed by atoms with E-state index in [0.29, 0.717) is 12.5 Å². The molecule has 4 aromatic heterocycles. The van der Waals surface area contributed by atoms with Gasteiger partial charge in [-0.1, -0.05) is 19.6 Å². The number of aryl methyl sites for hydroxylation is 1. The lowest BCUT2D eigenvalue weighted by Gasteiger charge is -2.15. The summed E-state index contributed by atoms with van der Waals surface area (Å²) in [6.45, 7) is 10.2. The van der Waals surface area contributed by atoms with E-state index in [9.17, 15) is 8.42 Å². The van der Waals surface area contributed by atoms with Crippen LogP contribution >= 0.6 is 0 Å². The van der Waals surface area contributed by atoms with Crippen LogP contribution in [0.2, 0.25) is 25.7 Å². The van der Waals surface area contributed by atoms with Gasteiger partial charge in [0.1, 0.15) is 12.5 Å². The van der Waals surface area contributed by atoms with Gasteiger partial charge >= 0.3 is 0 Å². The molecular formula is C28H32N6O3SSi. The van der Waals surface area contributed by atoms with E-state index < -0.39 is 17.9 Å². The van der Waals surface area contributed by atoms with Crippen LogP contribution in [-0.2, 0) is 21.3 Å². The van der Waals surface area contributed by atoms with Gasteiger partial charge < -0.3 is 10.1 Å². The van der Waals surface area contributed by atoms with Crippen LogP contribution in [0.25, 0.3) is 33.1 Å². The molecule has 0 unspecified atom stereocenters. The standard InChI is InChI=1S/C28H32N6O3SSi/c1-19-24-16-32-34(18-37-12-13-39(3,4)5)25(24)17-31-27(19)28-23-14-26(30-15-20(23)10-11-29-28)33-21-6-8-22(9-7-21)38(2,35)36/h6-11,14-17H,12-13,18H2,1-5H3,(H,30,33). The SMILES string of the molecule is Cc1c(-c2nccc3cnc(Nc4ccc(S(C)(=O)=O)cc4)cc23)ncc2c1cnn2COCC[Si](C)(C)C. The second-order valence-corrected chi connectivity index (χ2v) is 18.5. The Labute approximate surface area is 229 Å². The number of aromatic nitrogens is 5. The Kier molecular flexibility index (Phi) is 7.23. The third-order valence-electron chi connectivity index (χ3n) is 6.59. The molecule has 9 nitrogen and oxygen atoms in total. The van der Waals surface area contributed by atoms with Gasteiger partial charge in [-0.3, -0.25) is 9.97 Å². The Morgan fingerprint density at radius 2 is 1.72 bits per heavy atom. The molecule has 0 saturated heterocycles. The summed E-state index contributed by atoms with van der Waals surface area (Å²) in [5, 5.41) is 10.7. The van der Waals surface area contributed by atoms with Crippen LogP contribution in [0, 0.1) is 6.92 Å². The lowest BCUT2D eigenvalue weighted by Crippen LogP contribution is -2.22. The number of pyridine rings is 3. The molecule has 0 amide bonds. The maximum Gasteiger partial charge on any atom is 0.175 e. The van der Waals surface area contributed by atoms with Gasteiger partial charge in [-0.25, -0.2) is 18.1 Å². The molecule has 5 rings (SSSR count). The molecule has 0 atom stereocenters. The normalized spacial score (nSPS) is 12.3. The molecule has 5 aromatic rings. The Hall–Kier alpha value is -3.67. The molecular weight excluding hydrogens is 529 g/mol. The van der Waals surface area contributed by atoms with Crippen molar-refractivity contribution in [3.8, 4) is 11.4 Å². The average Bonchev–Trinajstić information content (AvgIpc) is 3.30. The summed E-state index contributed by atoms with van der Waals surface area (Å²) in [5.41, 5.74) is 4.18. The van der Waals surface area contributed by atoms with Crippen LogP contribution in [0.4, 0.5) is 11.5 Å². The van der Waals surface area contributed by atoms with Gasteiger partial charge in [0.15, 0.2) is 9.84 Å². The van der Waals surface area contributed by atoms with Gasteiger partial charge in [-0.2, -0.15) is 5.10 Å². The van der Waals surface area contributed by atoms with E-state index in [1.54, 1.807) is 36.7 Å². The van der Waals surface area contributed by atoms with Crippen molar-refractivity contribution in [1.29, 1.82) is 0 Å². The van der Waals surface area contributed by atoms with Crippen molar-refractivity contribution in [3.05, 3.63) is 66.7 Å². The minimum absolute atomic E-state index is 0.268. The number of rotatable bonds is 9. The first-order valence-electron chi connectivity index (χ1n) is 12.7. The van der Waals surface area contributed by atoms with Crippen molar-refractivity contribution < 1.29 is 13.2 Å². The van der Waals surface area contributed by atoms with Gasteiger partial charge in [0.05, 0.1) is 34.2 Å². The predicted molar refractivity (Wildman–Crippen MR) is 158 cm³/mol. The van der Waals surface area contributed by atoms with Crippen molar-refractivity contribution >= 4 is 51.1 Å². The lowest BCUT2D eigenvalue weighted by atomic mass is 10.0. The molecule has 39 heavy (non-hydrogen) atoms. The van der Waals surface area contributed by atoms with Crippen molar-refractivity contribution in [2.24, 2.45) is 0 Å². The summed E-state index contributed by atoms with van der Waals surface area (Å²) in [7, 11) is -4.41. The maximum absolute atomic E-state index is 11.8. The Bertz CT molecular complexity index is 1760. The van der Waals surface area contributed by atoms with Crippen molar-refractivity contribution in [3.63, 3.8) is 0 Å². The summed E-state index contributed by atoms with van der Waals surface area (Å²) in [4.78, 5) is 14.3. The quantitative estimate of drug-likeness (QED) is 0.178. The Balaban J connectivity index is 1.44. The summed E-state index contributed by atoms with van der Waals surface area (Å²) in [5.74, 6) is 0.617. The zero-order valence-corrected chi connectivity index (χ0v) is 24.6. The first-order chi connectivity index (χ1) is 18.5. The van der Waals surface area contributed by atoms with Gasteiger partial charge in [0.25, 0.3) is 0 Å². The third kappa shape index (κ3) is 6.00. The van der Waals surface area contributed by atoms with E-state index in [4.69, 9.17) is 9.72 Å². The highest BCUT2D eigenvalue weighted by atomic mass is 32.2. The molecule has 202 valence electrons. The highest BCUT2D eigenvalue weighted by Crippen LogP contribution is 2.32. The summed E-state index contributed by atoms with van der Waals surface area (Å²) < 4.78 is 31.3. The fraction of sp³-hybridized carbons (Fsp3) is 0.286. The second kappa shape index (κ2) is 10.5. The van der Waals surface area contributed by atoms with E-state index in [2.05, 4.69) is 40.0 Å². The molecule has 11 heteroatoms. The van der Waals surface area contributed by atoms with Crippen LogP contribution in [0.15, 0.2) is 66.1 Å². The second-order valence-electron chi connectivity index (χ2n) is 10.9. The number of fused-ring (bicyclic) bond motifs is 2. The van der Waals surface area contributed by atoms with E-state index in [-0.39, 0.29) is 4.90 Å². The molecule has 0 aliphatic rings. The number of ether oxygens (including phenoxy) is 1. The molecule has 0 bridgehead atoms. The molecule has 1 N–H and O–H groups in total. The van der Waals surface area contributed by atoms with Crippen molar-refractivity contribution in [1.82, 2.24) is 24.7 Å². The first kappa shape index (κ1) is 26.9. The molecule has 0 saturated carbocycles. The van der Waals surface area contributed by atoms with Crippen LogP contribution < -0.4 is 5.32 Å². The van der Waals surface area contributed by atoms with Crippen LogP contribution in [0.5, 0.6) is 0 Å². The smallest absolute Gasteiger partial charge is 0.175 e. The zero-order valence-electron chi connectivity index (χ0n) is 22.8. The summed E-state index contributed by atoms with van der Waals surface area (Å²) in [6.07, 6.45) is 8.43. The lowest BCUT2D eigenvalue weighted by molar-refractivity contribution is 0.0816. The number of nitrogens with one attached hydrogen (secondary N) is 1. The van der Waals surface area contributed by atoms with Crippen molar-refractivity contribution in [2.75, 3.05) is 18.2 Å². The minimum atomic E-state index is -3.26. The minimum Gasteiger partial charge on any atom is -0.360 e. The van der Waals surface area contributed by atoms with Crippen molar-refractivity contribution in [2.45, 2.75) is 44.2 Å². The molecule has 0 aliphatic heterocycles. The molecule has 1 aromatic carbocycles. The Morgan fingerprint density at radius 3 is 2.44 bits per heavy atom. The van der Waals surface area contributed by atoms with E-state index >= 15 is 0 Å². The van der Waals surface area contributed by atoms with Crippen LogP contribution in [-0.4, -0.2) is 54.1 Å². The van der Waals surface area contributed by atoms with Gasteiger partial charge in [-0.05, 0) is 54.9 Å². The van der Waals surface area contributed by atoms with E-state index in [1.165, 1.54) is 6.26 Å². The largest absolute Gasteiger partial charge is 0.360 e. The number of sulfone groups is 1. The Morgan fingerprint density at radius 1 is 0.949 bits per heavy atom. The fourth-order valence-electron chi connectivity index (χ4n) is 4.30. The monoisotopic (exact) mass is 560 g/mol. The van der Waals surface area contributed by atoms with E-state index in [0.717, 1.165) is 57.0 Å². The number of nitrogens with zero attached hydrogens (tertiary/aromatic N) is 5. The highest BCUT2D eigenvalue weighted by Gasteiger charge is 2.16.